The molecular formula is C23H28N4O2S. The highest BCUT2D eigenvalue weighted by atomic mass is 32.2. The molecule has 1 aromatic heterocycles. The van der Waals surface area contributed by atoms with E-state index in [2.05, 4.69) is 28.4 Å². The van der Waals surface area contributed by atoms with Gasteiger partial charge in [-0.15, -0.1) is 0 Å². The SMILES string of the molecule is CCn1c(=O)n(CC(=O)Nc2cc(CN3CCSCC3)ccc2C)c2ccccc21. The number of amides is 1. The van der Waals surface area contributed by atoms with Crippen molar-refractivity contribution in [3.8, 4) is 0 Å². The average Bonchev–Trinajstić information content (AvgIpc) is 3.02. The van der Waals surface area contributed by atoms with Crippen LogP contribution in [0.25, 0.3) is 11.0 Å². The first kappa shape index (κ1) is 20.8. The van der Waals surface area contributed by atoms with E-state index in [1.165, 1.54) is 17.1 Å². The number of thioether (sulfide) groups is 1. The van der Waals surface area contributed by atoms with Crippen LogP contribution in [-0.2, 0) is 24.4 Å². The fraction of sp³-hybridized carbons (Fsp3) is 0.391. The van der Waals surface area contributed by atoms with Crippen molar-refractivity contribution < 1.29 is 4.79 Å². The standard InChI is InChI=1S/C23H28N4O2S/c1-3-26-20-6-4-5-7-21(20)27(23(26)29)16-22(28)24-19-14-18(9-8-17(19)2)15-25-10-12-30-13-11-25/h4-9,14H,3,10-13,15-16H2,1-2H3,(H,24,28). The number of imidazole rings is 1. The second-order valence-electron chi connectivity index (χ2n) is 7.69. The summed E-state index contributed by atoms with van der Waals surface area (Å²) in [6.07, 6.45) is 0. The minimum absolute atomic E-state index is 0.000633. The normalized spacial score (nSPS) is 14.9. The molecule has 0 bridgehead atoms. The number of fused-ring (bicyclic) bond motifs is 1. The zero-order chi connectivity index (χ0) is 21.1. The van der Waals surface area contributed by atoms with Crippen LogP contribution in [0.1, 0.15) is 18.1 Å². The van der Waals surface area contributed by atoms with Crippen LogP contribution < -0.4 is 11.0 Å². The lowest BCUT2D eigenvalue weighted by Gasteiger charge is -2.26. The number of hydrogen-bond donors (Lipinski definition) is 1. The van der Waals surface area contributed by atoms with Gasteiger partial charge in [-0.25, -0.2) is 4.79 Å². The number of nitrogens with one attached hydrogen (secondary N) is 1. The number of carbonyl (C=O) groups is 1. The van der Waals surface area contributed by atoms with Gasteiger partial charge in [0.1, 0.15) is 6.54 Å². The van der Waals surface area contributed by atoms with Crippen molar-refractivity contribution in [2.24, 2.45) is 0 Å². The van der Waals surface area contributed by atoms with Crippen LogP contribution in [0.4, 0.5) is 5.69 Å². The van der Waals surface area contributed by atoms with Crippen LogP contribution in [0.15, 0.2) is 47.3 Å². The Morgan fingerprint density at radius 3 is 2.47 bits per heavy atom. The van der Waals surface area contributed by atoms with Crippen molar-refractivity contribution in [2.45, 2.75) is 33.5 Å². The summed E-state index contributed by atoms with van der Waals surface area (Å²) < 4.78 is 3.25. The van der Waals surface area contributed by atoms with Gasteiger partial charge in [-0.05, 0) is 43.2 Å². The highest BCUT2D eigenvalue weighted by molar-refractivity contribution is 7.99. The maximum absolute atomic E-state index is 12.8. The Kier molecular flexibility index (Phi) is 6.29. The van der Waals surface area contributed by atoms with Crippen molar-refractivity contribution in [2.75, 3.05) is 29.9 Å². The predicted molar refractivity (Wildman–Crippen MR) is 124 cm³/mol. The minimum atomic E-state index is -0.189. The van der Waals surface area contributed by atoms with Crippen molar-refractivity contribution in [1.82, 2.24) is 14.0 Å². The van der Waals surface area contributed by atoms with Gasteiger partial charge in [-0.3, -0.25) is 18.8 Å². The first-order valence-corrected chi connectivity index (χ1v) is 11.6. The fourth-order valence-electron chi connectivity index (χ4n) is 3.98. The molecule has 30 heavy (non-hydrogen) atoms. The van der Waals surface area contributed by atoms with E-state index >= 15 is 0 Å². The summed E-state index contributed by atoms with van der Waals surface area (Å²) in [6, 6.07) is 13.9. The molecule has 158 valence electrons. The third kappa shape index (κ3) is 4.32. The molecule has 0 radical (unpaired) electrons. The number of aryl methyl sites for hydroxylation is 2. The van der Waals surface area contributed by atoms with Crippen LogP contribution >= 0.6 is 11.8 Å². The molecule has 0 aliphatic carbocycles. The predicted octanol–water partition coefficient (Wildman–Crippen LogP) is 3.32. The first-order chi connectivity index (χ1) is 14.6. The topological polar surface area (TPSA) is 59.3 Å². The van der Waals surface area contributed by atoms with Gasteiger partial charge < -0.3 is 5.32 Å². The van der Waals surface area contributed by atoms with Crippen LogP contribution in [0.3, 0.4) is 0 Å². The summed E-state index contributed by atoms with van der Waals surface area (Å²) in [5.74, 6) is 2.16. The van der Waals surface area contributed by atoms with Gasteiger partial charge in [0.05, 0.1) is 11.0 Å². The van der Waals surface area contributed by atoms with E-state index in [9.17, 15) is 9.59 Å². The Labute approximate surface area is 180 Å². The molecule has 2 heterocycles. The maximum Gasteiger partial charge on any atom is 0.329 e. The van der Waals surface area contributed by atoms with E-state index in [4.69, 9.17) is 0 Å². The zero-order valence-corrected chi connectivity index (χ0v) is 18.4. The lowest BCUT2D eigenvalue weighted by atomic mass is 10.1. The van der Waals surface area contributed by atoms with E-state index in [1.807, 2.05) is 49.9 Å². The summed E-state index contributed by atoms with van der Waals surface area (Å²) in [5.41, 5.74) is 4.52. The minimum Gasteiger partial charge on any atom is -0.324 e. The van der Waals surface area contributed by atoms with Crippen LogP contribution in [0, 0.1) is 6.92 Å². The molecule has 1 saturated heterocycles. The Bertz CT molecular complexity index is 1110. The second-order valence-corrected chi connectivity index (χ2v) is 8.91. The number of hydrogen-bond acceptors (Lipinski definition) is 4. The molecule has 1 fully saturated rings. The van der Waals surface area contributed by atoms with E-state index in [1.54, 1.807) is 9.13 Å². The number of para-hydroxylation sites is 2. The molecule has 7 heteroatoms. The molecule has 1 aliphatic heterocycles. The monoisotopic (exact) mass is 424 g/mol. The maximum atomic E-state index is 12.8. The molecule has 1 aliphatic rings. The molecule has 4 rings (SSSR count). The van der Waals surface area contributed by atoms with E-state index in [0.29, 0.717) is 6.54 Å². The van der Waals surface area contributed by atoms with Crippen molar-refractivity contribution in [1.29, 1.82) is 0 Å². The molecule has 0 atom stereocenters. The summed E-state index contributed by atoms with van der Waals surface area (Å²) in [7, 11) is 0. The number of nitrogens with zero attached hydrogens (tertiary/aromatic N) is 3. The Morgan fingerprint density at radius 1 is 1.07 bits per heavy atom. The molecule has 6 nitrogen and oxygen atoms in total. The average molecular weight is 425 g/mol. The fourth-order valence-corrected chi connectivity index (χ4v) is 4.96. The van der Waals surface area contributed by atoms with E-state index < -0.39 is 0 Å². The lowest BCUT2D eigenvalue weighted by Crippen LogP contribution is -2.32. The molecule has 3 aromatic rings. The summed E-state index contributed by atoms with van der Waals surface area (Å²) in [5, 5.41) is 3.02. The molecule has 0 unspecified atom stereocenters. The van der Waals surface area contributed by atoms with Crippen molar-refractivity contribution in [3.63, 3.8) is 0 Å². The smallest absolute Gasteiger partial charge is 0.324 e. The van der Waals surface area contributed by atoms with Crippen LogP contribution in [-0.4, -0.2) is 44.5 Å². The van der Waals surface area contributed by atoms with Crippen molar-refractivity contribution in [3.05, 3.63) is 64.1 Å². The Morgan fingerprint density at radius 2 is 1.77 bits per heavy atom. The van der Waals surface area contributed by atoms with E-state index in [0.717, 1.165) is 41.9 Å². The second kappa shape index (κ2) is 9.10. The third-order valence-corrected chi connectivity index (χ3v) is 6.57. The highest BCUT2D eigenvalue weighted by Gasteiger charge is 2.16. The molecular weight excluding hydrogens is 396 g/mol. The van der Waals surface area contributed by atoms with Crippen LogP contribution in [0.5, 0.6) is 0 Å². The molecule has 0 spiro atoms. The molecule has 1 N–H and O–H groups in total. The summed E-state index contributed by atoms with van der Waals surface area (Å²) >= 11 is 2.00. The number of rotatable bonds is 6. The summed E-state index contributed by atoms with van der Waals surface area (Å²) in [4.78, 5) is 28.1. The summed E-state index contributed by atoms with van der Waals surface area (Å²) in [6.45, 7) is 7.60. The van der Waals surface area contributed by atoms with E-state index in [-0.39, 0.29) is 18.1 Å². The van der Waals surface area contributed by atoms with Gasteiger partial charge in [0.15, 0.2) is 0 Å². The lowest BCUT2D eigenvalue weighted by molar-refractivity contribution is -0.116. The largest absolute Gasteiger partial charge is 0.329 e. The number of anilines is 1. The Hall–Kier alpha value is -2.51. The zero-order valence-electron chi connectivity index (χ0n) is 17.6. The third-order valence-electron chi connectivity index (χ3n) is 5.63. The molecule has 2 aromatic carbocycles. The van der Waals surface area contributed by atoms with Gasteiger partial charge in [0.2, 0.25) is 5.91 Å². The van der Waals surface area contributed by atoms with Gasteiger partial charge in [0, 0.05) is 43.4 Å². The first-order valence-electron chi connectivity index (χ1n) is 10.4. The molecule has 0 saturated carbocycles. The quantitative estimate of drug-likeness (QED) is 0.660. The van der Waals surface area contributed by atoms with Gasteiger partial charge in [0.25, 0.3) is 0 Å². The Balaban J connectivity index is 1.52. The number of carbonyl (C=O) groups excluding carboxylic acids is 1. The van der Waals surface area contributed by atoms with Gasteiger partial charge in [-0.1, -0.05) is 24.3 Å². The number of aromatic nitrogens is 2. The number of benzene rings is 2. The van der Waals surface area contributed by atoms with Gasteiger partial charge >= 0.3 is 5.69 Å². The van der Waals surface area contributed by atoms with Crippen LogP contribution in [0.2, 0.25) is 0 Å². The molecule has 1 amide bonds. The highest BCUT2D eigenvalue weighted by Crippen LogP contribution is 2.20. The van der Waals surface area contributed by atoms with Gasteiger partial charge in [-0.2, -0.15) is 11.8 Å². The van der Waals surface area contributed by atoms with Crippen molar-refractivity contribution >= 4 is 34.4 Å².